The summed E-state index contributed by atoms with van der Waals surface area (Å²) in [6.07, 6.45) is 4.28. The number of ether oxygens (including phenoxy) is 1. The molecule has 0 aromatic heterocycles. The van der Waals surface area contributed by atoms with Gasteiger partial charge in [0.2, 0.25) is 0 Å². The van der Waals surface area contributed by atoms with E-state index in [1.54, 1.807) is 12.2 Å². The molecule has 1 aliphatic carbocycles. The predicted molar refractivity (Wildman–Crippen MR) is 154 cm³/mol. The van der Waals surface area contributed by atoms with Gasteiger partial charge in [0.15, 0.2) is 5.78 Å². The summed E-state index contributed by atoms with van der Waals surface area (Å²) in [6, 6.07) is 14.4. The third-order valence-corrected chi connectivity index (χ3v) is 7.66. The molecule has 1 heterocycles. The lowest BCUT2D eigenvalue weighted by molar-refractivity contribution is -0.384. The predicted octanol–water partition coefficient (Wildman–Crippen LogP) is 5.31. The van der Waals surface area contributed by atoms with Crippen molar-refractivity contribution in [1.82, 2.24) is 10.0 Å². The van der Waals surface area contributed by atoms with Gasteiger partial charge in [0.25, 0.3) is 23.4 Å². The van der Waals surface area contributed by atoms with E-state index < -0.39 is 52.8 Å². The fourth-order valence-electron chi connectivity index (χ4n) is 4.88. The van der Waals surface area contributed by atoms with Crippen LogP contribution in [0.1, 0.15) is 43.9 Å². The molecule has 1 saturated heterocycles. The summed E-state index contributed by atoms with van der Waals surface area (Å²) in [7, 11) is 0. The Morgan fingerprint density at radius 2 is 1.47 bits per heavy atom. The third-order valence-electron chi connectivity index (χ3n) is 7.12. The molecule has 3 aromatic carbocycles. The van der Waals surface area contributed by atoms with E-state index in [-0.39, 0.29) is 38.2 Å². The van der Waals surface area contributed by atoms with Crippen LogP contribution in [0.15, 0.2) is 78.9 Å². The Hall–Kier alpha value is -4.87. The average molecular weight is 622 g/mol. The molecule has 0 spiro atoms. The number of hydrazine groups is 1. The number of nitrogens with zero attached hydrogens (tertiary/aromatic N) is 3. The lowest BCUT2D eigenvalue weighted by Crippen LogP contribution is -2.52. The van der Waals surface area contributed by atoms with Crippen LogP contribution in [0.2, 0.25) is 10.0 Å². The quantitative estimate of drug-likeness (QED) is 0.0625. The van der Waals surface area contributed by atoms with E-state index in [0.29, 0.717) is 12.8 Å². The summed E-state index contributed by atoms with van der Waals surface area (Å²) >= 11 is 12.2. The summed E-state index contributed by atoms with van der Waals surface area (Å²) in [6.45, 7) is -0.663. The van der Waals surface area contributed by atoms with Crippen molar-refractivity contribution in [1.29, 1.82) is 0 Å². The monoisotopic (exact) mass is 621 g/mol. The first kappa shape index (κ1) is 29.6. The molecule has 1 aliphatic heterocycles. The van der Waals surface area contributed by atoms with Gasteiger partial charge < -0.3 is 4.74 Å². The van der Waals surface area contributed by atoms with Crippen LogP contribution >= 0.6 is 23.2 Å². The maximum atomic E-state index is 13.7. The van der Waals surface area contributed by atoms with E-state index in [4.69, 9.17) is 27.9 Å². The molecule has 218 valence electrons. The highest BCUT2D eigenvalue weighted by Gasteiger charge is 2.51. The van der Waals surface area contributed by atoms with Crippen molar-refractivity contribution in [3.63, 3.8) is 0 Å². The number of hydrogen-bond donors (Lipinski definition) is 0. The topological polar surface area (TPSA) is 144 Å². The molecule has 2 aliphatic rings. The van der Waals surface area contributed by atoms with Crippen molar-refractivity contribution in [2.75, 3.05) is 6.54 Å². The molecule has 11 nitrogen and oxygen atoms in total. The van der Waals surface area contributed by atoms with Gasteiger partial charge in [-0.2, -0.15) is 5.01 Å². The molecule has 3 amide bonds. The number of allylic oxidation sites excluding steroid dienone is 2. The molecule has 0 saturated carbocycles. The van der Waals surface area contributed by atoms with Crippen LogP contribution in [0.25, 0.3) is 0 Å². The number of hydrogen-bond acceptors (Lipinski definition) is 8. The summed E-state index contributed by atoms with van der Waals surface area (Å²) in [5.74, 6) is -4.59. The number of nitro groups is 1. The zero-order valence-electron chi connectivity index (χ0n) is 22.1. The molecule has 5 rings (SSSR count). The van der Waals surface area contributed by atoms with Gasteiger partial charge in [-0.15, -0.1) is 0 Å². The molecule has 0 radical (unpaired) electrons. The summed E-state index contributed by atoms with van der Waals surface area (Å²) in [5, 5.41) is 12.6. The van der Waals surface area contributed by atoms with E-state index >= 15 is 0 Å². The van der Waals surface area contributed by atoms with Crippen LogP contribution in [-0.4, -0.2) is 51.0 Å². The van der Waals surface area contributed by atoms with Gasteiger partial charge in [-0.25, -0.2) is 9.80 Å². The van der Waals surface area contributed by atoms with E-state index in [1.165, 1.54) is 66.7 Å². The Morgan fingerprint density at radius 3 is 2.02 bits per heavy atom. The van der Waals surface area contributed by atoms with Gasteiger partial charge in [0, 0.05) is 22.7 Å². The Morgan fingerprint density at radius 1 is 0.884 bits per heavy atom. The van der Waals surface area contributed by atoms with E-state index in [2.05, 4.69) is 0 Å². The highest BCUT2D eigenvalue weighted by atomic mass is 35.5. The maximum Gasteiger partial charge on any atom is 0.343 e. The number of rotatable bonds is 8. The number of non-ortho nitro benzene ring substituents is 1. The fourth-order valence-corrected chi connectivity index (χ4v) is 5.37. The number of Topliss-reactive ketones (excluding diaryl/α,β-unsaturated/α-hetero) is 1. The molecule has 13 heteroatoms. The number of ketones is 1. The van der Waals surface area contributed by atoms with Crippen LogP contribution in [0.4, 0.5) is 5.69 Å². The minimum atomic E-state index is -0.836. The van der Waals surface area contributed by atoms with Gasteiger partial charge in [0.1, 0.15) is 12.3 Å². The zero-order chi connectivity index (χ0) is 30.8. The van der Waals surface area contributed by atoms with Crippen molar-refractivity contribution >= 4 is 58.4 Å². The van der Waals surface area contributed by atoms with E-state index in [1.807, 2.05) is 0 Å². The SMILES string of the molecule is O=C(CN(C(=O)c1ccc(Cl)cc1Cl)N1C(=O)[C@H]2CC=CC[C@@H]2C1=O)c1ccc(OC(=O)c2ccc([N+](=O)[O-])cc2)cc1. The zero-order valence-corrected chi connectivity index (χ0v) is 23.7. The average Bonchev–Trinajstić information content (AvgIpc) is 3.25. The Balaban J connectivity index is 1.36. The van der Waals surface area contributed by atoms with Crippen LogP contribution in [0.3, 0.4) is 0 Å². The molecular formula is C30H21Cl2N3O8. The number of carbonyl (C=O) groups is 5. The number of imide groups is 1. The van der Waals surface area contributed by atoms with Crippen molar-refractivity contribution in [3.05, 3.63) is 116 Å². The number of halogens is 2. The van der Waals surface area contributed by atoms with Gasteiger partial charge in [-0.3, -0.25) is 29.3 Å². The Bertz CT molecular complexity index is 1660. The minimum Gasteiger partial charge on any atom is -0.423 e. The van der Waals surface area contributed by atoms with Crippen LogP contribution in [0.5, 0.6) is 5.75 Å². The first-order chi connectivity index (χ1) is 20.5. The van der Waals surface area contributed by atoms with Crippen molar-refractivity contribution in [2.24, 2.45) is 11.8 Å². The second-order valence-corrected chi connectivity index (χ2v) is 10.6. The van der Waals surface area contributed by atoms with Crippen LogP contribution < -0.4 is 4.74 Å². The second kappa shape index (κ2) is 12.2. The van der Waals surface area contributed by atoms with Crippen molar-refractivity contribution in [2.45, 2.75) is 12.8 Å². The summed E-state index contributed by atoms with van der Waals surface area (Å²) < 4.78 is 5.29. The minimum absolute atomic E-state index is 0.0210. The van der Waals surface area contributed by atoms with Gasteiger partial charge in [-0.05, 0) is 67.4 Å². The summed E-state index contributed by atoms with van der Waals surface area (Å²) in [4.78, 5) is 76.4. The lowest BCUT2D eigenvalue weighted by atomic mass is 9.85. The van der Waals surface area contributed by atoms with Crippen molar-refractivity contribution < 1.29 is 33.6 Å². The normalized spacial score (nSPS) is 17.4. The third kappa shape index (κ3) is 6.04. The maximum absolute atomic E-state index is 13.7. The number of nitro benzene ring substituents is 1. The number of amides is 3. The Labute approximate surface area is 254 Å². The number of fused-ring (bicyclic) bond motifs is 1. The molecule has 1 fully saturated rings. The molecule has 2 atom stereocenters. The van der Waals surface area contributed by atoms with E-state index in [0.717, 1.165) is 10.0 Å². The molecular weight excluding hydrogens is 601 g/mol. The molecule has 3 aromatic rings. The standard InChI is InChI=1S/C30H21Cl2N3O8/c31-19-9-14-24(25(32)15-19)27(37)33(34-28(38)22-3-1-2-4-23(22)29(34)39)16-26(36)17-7-12-21(13-8-17)43-30(40)18-5-10-20(11-6-18)35(41)42/h1-2,5-15,22-23H,3-4,16H2/t22-,23-/m0/s1. The first-order valence-electron chi connectivity index (χ1n) is 12.9. The molecule has 0 unspecified atom stereocenters. The summed E-state index contributed by atoms with van der Waals surface area (Å²) in [5.41, 5.74) is -0.0520. The van der Waals surface area contributed by atoms with Crippen molar-refractivity contribution in [3.8, 4) is 5.75 Å². The molecule has 0 N–H and O–H groups in total. The number of carbonyl (C=O) groups excluding carboxylic acids is 5. The molecule has 43 heavy (non-hydrogen) atoms. The first-order valence-corrected chi connectivity index (χ1v) is 13.7. The lowest BCUT2D eigenvalue weighted by Gasteiger charge is -2.30. The van der Waals surface area contributed by atoms with E-state index in [9.17, 15) is 34.1 Å². The fraction of sp³-hybridized carbons (Fsp3) is 0.167. The highest BCUT2D eigenvalue weighted by molar-refractivity contribution is 6.36. The number of esters is 1. The Kier molecular flexibility index (Phi) is 8.38. The number of benzene rings is 3. The smallest absolute Gasteiger partial charge is 0.343 e. The largest absolute Gasteiger partial charge is 0.423 e. The van der Waals surface area contributed by atoms with Gasteiger partial charge in [0.05, 0.1) is 32.9 Å². The molecule has 0 bridgehead atoms. The second-order valence-electron chi connectivity index (χ2n) is 9.77. The van der Waals surface area contributed by atoms with Crippen LogP contribution in [0, 0.1) is 22.0 Å². The van der Waals surface area contributed by atoms with Gasteiger partial charge in [-0.1, -0.05) is 35.4 Å². The highest BCUT2D eigenvalue weighted by Crippen LogP contribution is 2.37. The van der Waals surface area contributed by atoms with Gasteiger partial charge >= 0.3 is 5.97 Å². The van der Waals surface area contributed by atoms with Crippen LogP contribution in [-0.2, 0) is 9.59 Å².